The highest BCUT2D eigenvalue weighted by Gasteiger charge is 2.41. The van der Waals surface area contributed by atoms with Crippen LogP contribution in [0.3, 0.4) is 0 Å². The average Bonchev–Trinajstić information content (AvgIpc) is 3.09. The predicted octanol–water partition coefficient (Wildman–Crippen LogP) is 5.03. The molecule has 1 aromatic heterocycles. The molecule has 1 aliphatic heterocycles. The third kappa shape index (κ3) is 5.04. The van der Waals surface area contributed by atoms with Gasteiger partial charge in [-0.2, -0.15) is 0 Å². The highest BCUT2D eigenvalue weighted by Crippen LogP contribution is 2.33. The van der Waals surface area contributed by atoms with Crippen molar-refractivity contribution in [1.82, 2.24) is 15.4 Å². The molecule has 3 rings (SSSR count). The molecule has 29 heavy (non-hydrogen) atoms. The average molecular weight is 402 g/mol. The first-order valence-corrected chi connectivity index (χ1v) is 10.4. The molecule has 1 saturated heterocycles. The molecular weight excluding hydrogens is 369 g/mol. The third-order valence-corrected chi connectivity index (χ3v) is 5.49. The highest BCUT2D eigenvalue weighted by atomic mass is 19.1. The quantitative estimate of drug-likeness (QED) is 0.737. The van der Waals surface area contributed by atoms with E-state index in [2.05, 4.69) is 45.1 Å². The standard InChI is InChI=1S/C23H32FN3O2/c1-6-7-12-27(16-14-22(2,3)26-23(4,5)15-16)21(28)19-13-20(29-25-19)17-10-8-9-11-18(17)24/h8-11,13,16,26H,6-7,12,14-15H2,1-5H3. The molecule has 2 heterocycles. The van der Waals surface area contributed by atoms with E-state index in [-0.39, 0.29) is 34.5 Å². The maximum absolute atomic E-state index is 14.1. The fourth-order valence-corrected chi connectivity index (χ4v) is 4.58. The summed E-state index contributed by atoms with van der Waals surface area (Å²) in [4.78, 5) is 15.3. The van der Waals surface area contributed by atoms with Crippen molar-refractivity contribution < 1.29 is 13.7 Å². The second kappa shape index (κ2) is 8.27. The van der Waals surface area contributed by atoms with Crippen molar-refractivity contribution in [1.29, 1.82) is 0 Å². The number of benzene rings is 1. The zero-order chi connectivity index (χ0) is 21.2. The van der Waals surface area contributed by atoms with Crippen LogP contribution in [0.5, 0.6) is 0 Å². The lowest BCUT2D eigenvalue weighted by Crippen LogP contribution is -2.62. The monoisotopic (exact) mass is 401 g/mol. The molecule has 0 atom stereocenters. The Morgan fingerprint density at radius 3 is 2.52 bits per heavy atom. The van der Waals surface area contributed by atoms with Crippen LogP contribution in [-0.2, 0) is 0 Å². The molecule has 6 heteroatoms. The summed E-state index contributed by atoms with van der Waals surface area (Å²) >= 11 is 0. The number of aromatic nitrogens is 1. The van der Waals surface area contributed by atoms with Gasteiger partial charge in [-0.15, -0.1) is 0 Å². The Morgan fingerprint density at radius 2 is 1.90 bits per heavy atom. The van der Waals surface area contributed by atoms with Crippen LogP contribution in [0.1, 0.15) is 70.8 Å². The number of halogens is 1. The zero-order valence-electron chi connectivity index (χ0n) is 18.1. The summed E-state index contributed by atoms with van der Waals surface area (Å²) < 4.78 is 19.4. The Bertz CT molecular complexity index is 843. The molecule has 0 aliphatic carbocycles. The van der Waals surface area contributed by atoms with Gasteiger partial charge in [-0.05, 0) is 59.1 Å². The molecule has 158 valence electrons. The first-order chi connectivity index (χ1) is 13.6. The van der Waals surface area contributed by atoms with Gasteiger partial charge in [0.1, 0.15) is 5.82 Å². The maximum atomic E-state index is 14.1. The van der Waals surface area contributed by atoms with Crippen LogP contribution in [-0.4, -0.2) is 39.6 Å². The maximum Gasteiger partial charge on any atom is 0.276 e. The molecule has 1 aliphatic rings. The van der Waals surface area contributed by atoms with E-state index < -0.39 is 5.82 Å². The second-order valence-electron chi connectivity index (χ2n) is 9.36. The van der Waals surface area contributed by atoms with E-state index in [9.17, 15) is 9.18 Å². The second-order valence-corrected chi connectivity index (χ2v) is 9.36. The fourth-order valence-electron chi connectivity index (χ4n) is 4.58. The lowest BCUT2D eigenvalue weighted by atomic mass is 9.79. The summed E-state index contributed by atoms with van der Waals surface area (Å²) in [6.07, 6.45) is 3.66. The van der Waals surface area contributed by atoms with E-state index in [1.807, 2.05) is 4.90 Å². The zero-order valence-corrected chi connectivity index (χ0v) is 18.1. The Hall–Kier alpha value is -2.21. The number of unbranched alkanes of at least 4 members (excludes halogenated alkanes) is 1. The Morgan fingerprint density at radius 1 is 1.24 bits per heavy atom. The van der Waals surface area contributed by atoms with Crippen LogP contribution in [0.2, 0.25) is 0 Å². The van der Waals surface area contributed by atoms with Gasteiger partial charge in [-0.25, -0.2) is 4.39 Å². The van der Waals surface area contributed by atoms with Gasteiger partial charge < -0.3 is 14.7 Å². The van der Waals surface area contributed by atoms with Crippen LogP contribution >= 0.6 is 0 Å². The van der Waals surface area contributed by atoms with Gasteiger partial charge >= 0.3 is 0 Å². The summed E-state index contributed by atoms with van der Waals surface area (Å²) in [7, 11) is 0. The molecule has 1 aromatic carbocycles. The lowest BCUT2D eigenvalue weighted by Gasteiger charge is -2.49. The van der Waals surface area contributed by atoms with Gasteiger partial charge in [0, 0.05) is 29.7 Å². The number of nitrogens with zero attached hydrogens (tertiary/aromatic N) is 2. The fraction of sp³-hybridized carbons (Fsp3) is 0.565. The van der Waals surface area contributed by atoms with Gasteiger partial charge in [0.2, 0.25) is 0 Å². The van der Waals surface area contributed by atoms with Crippen LogP contribution in [0, 0.1) is 5.82 Å². The first-order valence-electron chi connectivity index (χ1n) is 10.4. The van der Waals surface area contributed by atoms with Crippen molar-refractivity contribution in [3.8, 4) is 11.3 Å². The van der Waals surface area contributed by atoms with Crippen molar-refractivity contribution in [2.24, 2.45) is 0 Å². The minimum Gasteiger partial charge on any atom is -0.355 e. The van der Waals surface area contributed by atoms with Crippen molar-refractivity contribution >= 4 is 5.91 Å². The minimum absolute atomic E-state index is 0.0701. The summed E-state index contributed by atoms with van der Waals surface area (Å²) in [6, 6.07) is 8.00. The van der Waals surface area contributed by atoms with Crippen molar-refractivity contribution in [3.63, 3.8) is 0 Å². The molecule has 0 unspecified atom stereocenters. The SMILES string of the molecule is CCCCN(C(=O)c1cc(-c2ccccc2F)on1)C1CC(C)(C)NC(C)(C)C1. The van der Waals surface area contributed by atoms with Crippen molar-refractivity contribution in [2.75, 3.05) is 6.54 Å². The van der Waals surface area contributed by atoms with Crippen molar-refractivity contribution in [3.05, 3.63) is 41.8 Å². The van der Waals surface area contributed by atoms with Crippen LogP contribution in [0.25, 0.3) is 11.3 Å². The molecular formula is C23H32FN3O2. The number of nitrogens with one attached hydrogen (secondary N) is 1. The predicted molar refractivity (Wildman–Crippen MR) is 112 cm³/mol. The number of rotatable bonds is 6. The van der Waals surface area contributed by atoms with Gasteiger partial charge in [0.15, 0.2) is 11.5 Å². The van der Waals surface area contributed by atoms with Gasteiger partial charge in [0.05, 0.1) is 5.56 Å². The van der Waals surface area contributed by atoms with E-state index >= 15 is 0 Å². The Kier molecular flexibility index (Phi) is 6.13. The van der Waals surface area contributed by atoms with Gasteiger partial charge in [-0.3, -0.25) is 4.79 Å². The topological polar surface area (TPSA) is 58.4 Å². The van der Waals surface area contributed by atoms with Crippen LogP contribution < -0.4 is 5.32 Å². The normalized spacial score (nSPS) is 18.6. The first kappa shape index (κ1) is 21.5. The summed E-state index contributed by atoms with van der Waals surface area (Å²) in [5.41, 5.74) is 0.398. The minimum atomic E-state index is -0.396. The number of carbonyl (C=O) groups excluding carboxylic acids is 1. The molecule has 1 fully saturated rings. The molecule has 0 saturated carbocycles. The third-order valence-electron chi connectivity index (χ3n) is 5.49. The van der Waals surface area contributed by atoms with Gasteiger partial charge in [0.25, 0.3) is 5.91 Å². The van der Waals surface area contributed by atoms with E-state index in [1.165, 1.54) is 6.07 Å². The molecule has 1 amide bonds. The molecule has 2 aromatic rings. The Labute approximate surface area is 172 Å². The van der Waals surface area contributed by atoms with Crippen molar-refractivity contribution in [2.45, 2.75) is 77.4 Å². The number of carbonyl (C=O) groups is 1. The van der Waals surface area contributed by atoms with Gasteiger partial charge in [-0.1, -0.05) is 30.6 Å². The number of hydrogen-bond acceptors (Lipinski definition) is 4. The van der Waals surface area contributed by atoms with E-state index in [4.69, 9.17) is 4.52 Å². The van der Waals surface area contributed by atoms with Crippen LogP contribution in [0.4, 0.5) is 4.39 Å². The molecule has 5 nitrogen and oxygen atoms in total. The number of piperidine rings is 1. The Balaban J connectivity index is 1.88. The lowest BCUT2D eigenvalue weighted by molar-refractivity contribution is 0.0433. The van der Waals surface area contributed by atoms with E-state index in [0.717, 1.165) is 25.7 Å². The van der Waals surface area contributed by atoms with E-state index in [0.29, 0.717) is 12.1 Å². The largest absolute Gasteiger partial charge is 0.355 e. The summed E-state index contributed by atoms with van der Waals surface area (Å²) in [5.74, 6) is -0.275. The summed E-state index contributed by atoms with van der Waals surface area (Å²) in [5, 5.41) is 7.65. The van der Waals surface area contributed by atoms with Crippen LogP contribution in [0.15, 0.2) is 34.9 Å². The van der Waals surface area contributed by atoms with E-state index in [1.54, 1.807) is 24.3 Å². The molecule has 0 spiro atoms. The molecule has 0 radical (unpaired) electrons. The highest BCUT2D eigenvalue weighted by molar-refractivity contribution is 5.93. The number of amides is 1. The summed E-state index contributed by atoms with van der Waals surface area (Å²) in [6.45, 7) is 11.5. The molecule has 1 N–H and O–H groups in total. The number of hydrogen-bond donors (Lipinski definition) is 1. The molecule has 0 bridgehead atoms. The smallest absolute Gasteiger partial charge is 0.276 e.